The van der Waals surface area contributed by atoms with E-state index in [1.807, 2.05) is 0 Å². The molecule has 68 valence electrons. The molecule has 0 bridgehead atoms. The number of carbonyl (C=O) groups excluding carboxylic acids is 1. The lowest BCUT2D eigenvalue weighted by Gasteiger charge is -1.96. The third-order valence-corrected chi connectivity index (χ3v) is 2.29. The average Bonchev–Trinajstić information content (AvgIpc) is 2.99. The van der Waals surface area contributed by atoms with Crippen LogP contribution in [0.25, 0.3) is 0 Å². The molecule has 0 aromatic carbocycles. The molecule has 1 aliphatic carbocycles. The minimum atomic E-state index is 0.0764. The summed E-state index contributed by atoms with van der Waals surface area (Å²) in [6.07, 6.45) is 7.42. The van der Waals surface area contributed by atoms with Crippen molar-refractivity contribution < 1.29 is 4.79 Å². The molecule has 0 radical (unpaired) electrons. The van der Waals surface area contributed by atoms with Crippen molar-refractivity contribution in [2.45, 2.75) is 25.7 Å². The van der Waals surface area contributed by atoms with Crippen molar-refractivity contribution in [3.8, 4) is 0 Å². The van der Waals surface area contributed by atoms with E-state index in [-0.39, 0.29) is 5.78 Å². The van der Waals surface area contributed by atoms with Gasteiger partial charge in [0.1, 0.15) is 0 Å². The third-order valence-electron chi connectivity index (χ3n) is 2.29. The molecule has 1 aromatic rings. The standard InChI is InChI=1S/C10H12N2O/c13-9(5-4-8-2-3-8)10-11-6-1-7-12-10/h1,6-8H,2-5H2. The molecule has 1 saturated carbocycles. The van der Waals surface area contributed by atoms with Crippen LogP contribution in [0.4, 0.5) is 0 Å². The first-order valence-corrected chi connectivity index (χ1v) is 4.66. The zero-order valence-electron chi connectivity index (χ0n) is 7.44. The summed E-state index contributed by atoms with van der Waals surface area (Å²) in [5.74, 6) is 1.24. The van der Waals surface area contributed by atoms with Crippen molar-refractivity contribution in [1.82, 2.24) is 9.97 Å². The molecule has 0 atom stereocenters. The SMILES string of the molecule is O=C(CCC1CC1)c1ncccn1. The zero-order chi connectivity index (χ0) is 9.10. The lowest BCUT2D eigenvalue weighted by molar-refractivity contribution is 0.0968. The molecule has 3 nitrogen and oxygen atoms in total. The Balaban J connectivity index is 1.89. The smallest absolute Gasteiger partial charge is 0.200 e. The number of Topliss-reactive ketones (excluding diaryl/α,β-unsaturated/α-hetero) is 1. The van der Waals surface area contributed by atoms with Crippen molar-refractivity contribution in [2.24, 2.45) is 5.92 Å². The number of hydrogen-bond acceptors (Lipinski definition) is 3. The quantitative estimate of drug-likeness (QED) is 0.657. The minimum Gasteiger partial charge on any atom is -0.291 e. The van der Waals surface area contributed by atoms with Crippen LogP contribution in [-0.4, -0.2) is 15.8 Å². The number of carbonyl (C=O) groups is 1. The summed E-state index contributed by atoms with van der Waals surface area (Å²) >= 11 is 0. The normalized spacial score (nSPS) is 15.7. The zero-order valence-corrected chi connectivity index (χ0v) is 7.44. The number of ketones is 1. The summed E-state index contributed by atoms with van der Waals surface area (Å²) < 4.78 is 0. The fourth-order valence-corrected chi connectivity index (χ4v) is 1.30. The first-order valence-electron chi connectivity index (χ1n) is 4.66. The summed E-state index contributed by atoms with van der Waals surface area (Å²) in [5, 5.41) is 0. The van der Waals surface area contributed by atoms with Gasteiger partial charge in [0.2, 0.25) is 0 Å². The highest BCUT2D eigenvalue weighted by atomic mass is 16.1. The predicted octanol–water partition coefficient (Wildman–Crippen LogP) is 1.85. The van der Waals surface area contributed by atoms with Gasteiger partial charge >= 0.3 is 0 Å². The molecule has 1 aliphatic rings. The Bertz CT molecular complexity index is 293. The summed E-state index contributed by atoms with van der Waals surface area (Å²) in [6.45, 7) is 0. The maximum absolute atomic E-state index is 11.5. The Hall–Kier alpha value is -1.25. The Labute approximate surface area is 77.2 Å². The second-order valence-corrected chi connectivity index (χ2v) is 3.48. The van der Waals surface area contributed by atoms with Crippen LogP contribution in [0.3, 0.4) is 0 Å². The van der Waals surface area contributed by atoms with Gasteiger partial charge in [-0.05, 0) is 18.4 Å². The molecule has 1 fully saturated rings. The van der Waals surface area contributed by atoms with Crippen LogP contribution in [0.15, 0.2) is 18.5 Å². The van der Waals surface area contributed by atoms with Crippen molar-refractivity contribution in [1.29, 1.82) is 0 Å². The van der Waals surface area contributed by atoms with Gasteiger partial charge in [-0.2, -0.15) is 0 Å². The first kappa shape index (κ1) is 8.35. The van der Waals surface area contributed by atoms with E-state index < -0.39 is 0 Å². The van der Waals surface area contributed by atoms with Crippen molar-refractivity contribution in [3.63, 3.8) is 0 Å². The number of hydrogen-bond donors (Lipinski definition) is 0. The molecule has 0 amide bonds. The number of rotatable bonds is 4. The van der Waals surface area contributed by atoms with E-state index in [0.717, 1.165) is 12.3 Å². The molecule has 0 unspecified atom stereocenters. The van der Waals surface area contributed by atoms with Gasteiger partial charge in [-0.1, -0.05) is 12.8 Å². The molecular weight excluding hydrogens is 164 g/mol. The van der Waals surface area contributed by atoms with Crippen LogP contribution in [0.1, 0.15) is 36.3 Å². The Morgan fingerprint density at radius 1 is 1.38 bits per heavy atom. The van der Waals surface area contributed by atoms with Gasteiger partial charge in [-0.25, -0.2) is 9.97 Å². The van der Waals surface area contributed by atoms with Crippen molar-refractivity contribution in [3.05, 3.63) is 24.3 Å². The van der Waals surface area contributed by atoms with Gasteiger partial charge in [0.05, 0.1) is 0 Å². The summed E-state index contributed by atoms with van der Waals surface area (Å²) in [5.41, 5.74) is 0. The van der Waals surface area contributed by atoms with Gasteiger partial charge < -0.3 is 0 Å². The first-order chi connectivity index (χ1) is 6.36. The van der Waals surface area contributed by atoms with Gasteiger partial charge in [0, 0.05) is 18.8 Å². The molecule has 13 heavy (non-hydrogen) atoms. The molecule has 3 heteroatoms. The van der Waals surface area contributed by atoms with Crippen molar-refractivity contribution >= 4 is 5.78 Å². The molecule has 2 rings (SSSR count). The lowest BCUT2D eigenvalue weighted by Crippen LogP contribution is -2.04. The van der Waals surface area contributed by atoms with E-state index >= 15 is 0 Å². The van der Waals surface area contributed by atoms with E-state index in [2.05, 4.69) is 9.97 Å². The van der Waals surface area contributed by atoms with E-state index in [0.29, 0.717) is 12.2 Å². The lowest BCUT2D eigenvalue weighted by atomic mass is 10.1. The van der Waals surface area contributed by atoms with Crippen LogP contribution < -0.4 is 0 Å². The van der Waals surface area contributed by atoms with E-state index in [9.17, 15) is 4.79 Å². The van der Waals surface area contributed by atoms with Crippen molar-refractivity contribution in [2.75, 3.05) is 0 Å². The third kappa shape index (κ3) is 2.34. The minimum absolute atomic E-state index is 0.0764. The topological polar surface area (TPSA) is 42.9 Å². The highest BCUT2D eigenvalue weighted by Crippen LogP contribution is 2.33. The fraction of sp³-hybridized carbons (Fsp3) is 0.500. The fourth-order valence-electron chi connectivity index (χ4n) is 1.30. The summed E-state index contributed by atoms with van der Waals surface area (Å²) in [6, 6.07) is 1.72. The maximum Gasteiger partial charge on any atom is 0.200 e. The van der Waals surface area contributed by atoms with Crippen LogP contribution >= 0.6 is 0 Å². The van der Waals surface area contributed by atoms with Gasteiger partial charge in [0.15, 0.2) is 11.6 Å². The van der Waals surface area contributed by atoms with Gasteiger partial charge in [0.25, 0.3) is 0 Å². The number of nitrogens with zero attached hydrogens (tertiary/aromatic N) is 2. The van der Waals surface area contributed by atoms with Gasteiger partial charge in [-0.15, -0.1) is 0 Å². The second-order valence-electron chi connectivity index (χ2n) is 3.48. The molecule has 1 heterocycles. The number of aromatic nitrogens is 2. The van der Waals surface area contributed by atoms with Crippen LogP contribution in [-0.2, 0) is 0 Å². The Kier molecular flexibility index (Phi) is 2.34. The van der Waals surface area contributed by atoms with E-state index in [4.69, 9.17) is 0 Å². The molecule has 0 aliphatic heterocycles. The Morgan fingerprint density at radius 2 is 2.08 bits per heavy atom. The summed E-state index contributed by atoms with van der Waals surface area (Å²) in [4.78, 5) is 19.3. The highest BCUT2D eigenvalue weighted by Gasteiger charge is 2.22. The molecule has 0 N–H and O–H groups in total. The van der Waals surface area contributed by atoms with Crippen LogP contribution in [0.5, 0.6) is 0 Å². The molecule has 0 saturated heterocycles. The van der Waals surface area contributed by atoms with Gasteiger partial charge in [-0.3, -0.25) is 4.79 Å². The summed E-state index contributed by atoms with van der Waals surface area (Å²) in [7, 11) is 0. The van der Waals surface area contributed by atoms with Crippen LogP contribution in [0.2, 0.25) is 0 Å². The van der Waals surface area contributed by atoms with Crippen LogP contribution in [0, 0.1) is 5.92 Å². The molecule has 0 spiro atoms. The van der Waals surface area contributed by atoms with E-state index in [1.54, 1.807) is 18.5 Å². The monoisotopic (exact) mass is 176 g/mol. The highest BCUT2D eigenvalue weighted by molar-refractivity contribution is 5.92. The van der Waals surface area contributed by atoms with E-state index in [1.165, 1.54) is 12.8 Å². The maximum atomic E-state index is 11.5. The Morgan fingerprint density at radius 3 is 2.69 bits per heavy atom. The largest absolute Gasteiger partial charge is 0.291 e. The molecule has 1 aromatic heterocycles. The average molecular weight is 176 g/mol. The molecular formula is C10H12N2O. The predicted molar refractivity (Wildman–Crippen MR) is 48.3 cm³/mol. The second kappa shape index (κ2) is 3.64.